The average molecular weight is 205 g/mol. The van der Waals surface area contributed by atoms with E-state index in [9.17, 15) is 0 Å². The van der Waals surface area contributed by atoms with Crippen LogP contribution in [0.3, 0.4) is 0 Å². The molecule has 4 saturated carbocycles. The molecule has 0 radical (unpaired) electrons. The standard InChI is InChI=1S/C14H23N/c1-12-6-13(12,2)8-14(7-12)10-4-3-9(5-10)11(14)15/h9-11H,3-8,15H2,1-2H3/t9-,10+,11-,12?,13?,14?/m1/s1. The Kier molecular flexibility index (Phi) is 1.30. The SMILES string of the molecule is CC12CC3(CC1(C)C2)[C@H]1CC[C@H](C1)[C@H]3N. The fourth-order valence-electron chi connectivity index (χ4n) is 6.01. The molecular weight excluding hydrogens is 182 g/mol. The largest absolute Gasteiger partial charge is 0.327 e. The highest BCUT2D eigenvalue weighted by Crippen LogP contribution is 2.82. The third-order valence-electron chi connectivity index (χ3n) is 7.01. The van der Waals surface area contributed by atoms with E-state index in [1.165, 1.54) is 38.5 Å². The lowest BCUT2D eigenvalue weighted by molar-refractivity contribution is 0.107. The molecule has 0 heterocycles. The van der Waals surface area contributed by atoms with Gasteiger partial charge < -0.3 is 5.73 Å². The molecule has 4 rings (SSSR count). The molecule has 1 heteroatoms. The number of hydrogen-bond donors (Lipinski definition) is 1. The Labute approximate surface area is 92.8 Å². The second-order valence-corrected chi connectivity index (χ2v) is 7.68. The Morgan fingerprint density at radius 2 is 1.67 bits per heavy atom. The zero-order valence-corrected chi connectivity index (χ0v) is 10.1. The second-order valence-electron chi connectivity index (χ2n) is 7.68. The fourth-order valence-corrected chi connectivity index (χ4v) is 6.01. The molecule has 0 amide bonds. The molecule has 0 aromatic rings. The van der Waals surface area contributed by atoms with Crippen molar-refractivity contribution >= 4 is 0 Å². The maximum atomic E-state index is 6.56. The Morgan fingerprint density at radius 1 is 1.00 bits per heavy atom. The number of rotatable bonds is 0. The molecule has 0 aliphatic heterocycles. The zero-order chi connectivity index (χ0) is 10.5. The summed E-state index contributed by atoms with van der Waals surface area (Å²) in [5, 5.41) is 0. The van der Waals surface area contributed by atoms with Crippen molar-refractivity contribution in [3.63, 3.8) is 0 Å². The first kappa shape index (κ1) is 9.04. The molecule has 2 N–H and O–H groups in total. The summed E-state index contributed by atoms with van der Waals surface area (Å²) >= 11 is 0. The van der Waals surface area contributed by atoms with E-state index in [0.29, 0.717) is 22.3 Å². The number of hydrogen-bond acceptors (Lipinski definition) is 1. The minimum atomic E-state index is 0.553. The molecule has 84 valence electrons. The van der Waals surface area contributed by atoms with Crippen LogP contribution in [0.5, 0.6) is 0 Å². The number of nitrogens with two attached hydrogens (primary N) is 1. The summed E-state index contributed by atoms with van der Waals surface area (Å²) in [5.41, 5.74) is 8.50. The van der Waals surface area contributed by atoms with Crippen LogP contribution in [0.2, 0.25) is 0 Å². The van der Waals surface area contributed by atoms with Gasteiger partial charge in [-0.25, -0.2) is 0 Å². The van der Waals surface area contributed by atoms with Gasteiger partial charge >= 0.3 is 0 Å². The Morgan fingerprint density at radius 3 is 2.20 bits per heavy atom. The number of fused-ring (bicyclic) bond motifs is 4. The van der Waals surface area contributed by atoms with Crippen LogP contribution in [0.4, 0.5) is 0 Å². The first-order chi connectivity index (χ1) is 6.99. The molecular formula is C14H23N. The van der Waals surface area contributed by atoms with Crippen LogP contribution in [0.25, 0.3) is 0 Å². The third kappa shape index (κ3) is 0.800. The van der Waals surface area contributed by atoms with Gasteiger partial charge in [0.2, 0.25) is 0 Å². The minimum Gasteiger partial charge on any atom is -0.327 e. The Balaban J connectivity index is 1.73. The predicted molar refractivity (Wildman–Crippen MR) is 61.3 cm³/mol. The third-order valence-corrected chi connectivity index (χ3v) is 7.01. The van der Waals surface area contributed by atoms with E-state index >= 15 is 0 Å². The van der Waals surface area contributed by atoms with Crippen molar-refractivity contribution in [3.8, 4) is 0 Å². The molecule has 2 bridgehead atoms. The highest BCUT2D eigenvalue weighted by Gasteiger charge is 2.75. The quantitative estimate of drug-likeness (QED) is 0.646. The van der Waals surface area contributed by atoms with Gasteiger partial charge in [-0.1, -0.05) is 13.8 Å². The summed E-state index contributed by atoms with van der Waals surface area (Å²) in [6, 6.07) is 0.553. The molecule has 4 aliphatic carbocycles. The maximum absolute atomic E-state index is 6.56. The van der Waals surface area contributed by atoms with E-state index in [0.717, 1.165) is 11.8 Å². The van der Waals surface area contributed by atoms with Crippen LogP contribution in [-0.4, -0.2) is 6.04 Å². The van der Waals surface area contributed by atoms with E-state index in [4.69, 9.17) is 5.73 Å². The van der Waals surface area contributed by atoms with Crippen molar-refractivity contribution in [2.75, 3.05) is 0 Å². The van der Waals surface area contributed by atoms with Crippen LogP contribution in [0.1, 0.15) is 52.4 Å². The van der Waals surface area contributed by atoms with Gasteiger partial charge in [0.25, 0.3) is 0 Å². The minimum absolute atomic E-state index is 0.553. The smallest absolute Gasteiger partial charge is 0.0127 e. The highest BCUT2D eigenvalue weighted by atomic mass is 14.9. The summed E-state index contributed by atoms with van der Waals surface area (Å²) in [6.45, 7) is 5.03. The monoisotopic (exact) mass is 205 g/mol. The van der Waals surface area contributed by atoms with Gasteiger partial charge in [0.15, 0.2) is 0 Å². The first-order valence-electron chi connectivity index (χ1n) is 6.75. The predicted octanol–water partition coefficient (Wildman–Crippen LogP) is 2.94. The lowest BCUT2D eigenvalue weighted by Gasteiger charge is -2.41. The lowest BCUT2D eigenvalue weighted by Crippen LogP contribution is -2.46. The van der Waals surface area contributed by atoms with Crippen molar-refractivity contribution < 1.29 is 0 Å². The maximum Gasteiger partial charge on any atom is 0.0127 e. The van der Waals surface area contributed by atoms with Gasteiger partial charge in [0.1, 0.15) is 0 Å². The van der Waals surface area contributed by atoms with Crippen molar-refractivity contribution in [2.24, 2.45) is 33.8 Å². The first-order valence-corrected chi connectivity index (χ1v) is 6.75. The normalized spacial score (nSPS) is 70.2. The summed E-state index contributed by atoms with van der Waals surface area (Å²) in [6.07, 6.45) is 8.78. The molecule has 0 aromatic carbocycles. The van der Waals surface area contributed by atoms with Gasteiger partial charge in [0, 0.05) is 6.04 Å². The van der Waals surface area contributed by atoms with E-state index in [1.54, 1.807) is 0 Å². The molecule has 0 aromatic heterocycles. The fraction of sp³-hybridized carbons (Fsp3) is 1.00. The summed E-state index contributed by atoms with van der Waals surface area (Å²) in [5.74, 6) is 1.89. The Bertz CT molecular complexity index is 316. The molecule has 4 fully saturated rings. The van der Waals surface area contributed by atoms with Crippen LogP contribution in [0, 0.1) is 28.1 Å². The van der Waals surface area contributed by atoms with Crippen molar-refractivity contribution in [1.82, 2.24) is 0 Å². The Hall–Kier alpha value is -0.0400. The summed E-state index contributed by atoms with van der Waals surface area (Å²) in [7, 11) is 0. The molecule has 4 aliphatic rings. The van der Waals surface area contributed by atoms with Crippen LogP contribution in [-0.2, 0) is 0 Å². The zero-order valence-electron chi connectivity index (χ0n) is 10.1. The van der Waals surface area contributed by atoms with Gasteiger partial charge in [-0.2, -0.15) is 0 Å². The van der Waals surface area contributed by atoms with Crippen molar-refractivity contribution in [3.05, 3.63) is 0 Å². The highest BCUT2D eigenvalue weighted by molar-refractivity contribution is 5.25. The van der Waals surface area contributed by atoms with E-state index in [-0.39, 0.29) is 0 Å². The molecule has 1 nitrogen and oxygen atoms in total. The van der Waals surface area contributed by atoms with Crippen molar-refractivity contribution in [2.45, 2.75) is 58.4 Å². The average Bonchev–Trinajstić information content (AvgIpc) is 2.61. The van der Waals surface area contributed by atoms with E-state index in [1.807, 2.05) is 0 Å². The van der Waals surface area contributed by atoms with Gasteiger partial charge in [0.05, 0.1) is 0 Å². The summed E-state index contributed by atoms with van der Waals surface area (Å²) in [4.78, 5) is 0. The summed E-state index contributed by atoms with van der Waals surface area (Å²) < 4.78 is 0. The van der Waals surface area contributed by atoms with Crippen LogP contribution in [0.15, 0.2) is 0 Å². The van der Waals surface area contributed by atoms with Crippen LogP contribution >= 0.6 is 0 Å². The van der Waals surface area contributed by atoms with Gasteiger partial charge in [-0.3, -0.25) is 0 Å². The lowest BCUT2D eigenvalue weighted by atomic mass is 9.66. The molecule has 0 saturated heterocycles. The molecule has 1 spiro atoms. The van der Waals surface area contributed by atoms with E-state index in [2.05, 4.69) is 13.8 Å². The van der Waals surface area contributed by atoms with Crippen LogP contribution < -0.4 is 5.73 Å². The second kappa shape index (κ2) is 2.16. The van der Waals surface area contributed by atoms with Gasteiger partial charge in [-0.15, -0.1) is 0 Å². The molecule has 2 unspecified atom stereocenters. The molecule has 15 heavy (non-hydrogen) atoms. The topological polar surface area (TPSA) is 26.0 Å². The van der Waals surface area contributed by atoms with E-state index < -0.39 is 0 Å². The van der Waals surface area contributed by atoms with Gasteiger partial charge in [-0.05, 0) is 66.6 Å². The van der Waals surface area contributed by atoms with Crippen molar-refractivity contribution in [1.29, 1.82) is 0 Å². The molecule has 5 atom stereocenters.